The molecule has 0 fully saturated rings. The number of para-hydroxylation sites is 1. The molecule has 0 aromatic heterocycles. The van der Waals surface area contributed by atoms with E-state index in [9.17, 15) is 9.59 Å². The maximum Gasteiger partial charge on any atom is 0.337 e. The van der Waals surface area contributed by atoms with E-state index in [0.29, 0.717) is 12.4 Å². The fraction of sp³-hybridized carbons (Fsp3) is 0.529. The molecule has 0 amide bonds. The van der Waals surface area contributed by atoms with E-state index in [1.165, 1.54) is 0 Å². The summed E-state index contributed by atoms with van der Waals surface area (Å²) in [7, 11) is 0. The Balaban J connectivity index is 2.12. The first-order valence-corrected chi connectivity index (χ1v) is 7.63. The number of hydrogen-bond acceptors (Lipinski definition) is 5. The molecule has 0 N–H and O–H groups in total. The molecule has 0 saturated heterocycles. The lowest BCUT2D eigenvalue weighted by Gasteiger charge is -2.08. The summed E-state index contributed by atoms with van der Waals surface area (Å²) in [5.41, 5.74) is 0.863. The number of unbranched alkanes of at least 4 members (excludes halogenated alkanes) is 3. The van der Waals surface area contributed by atoms with E-state index in [1.54, 1.807) is 12.1 Å². The van der Waals surface area contributed by atoms with Crippen LogP contribution in [-0.2, 0) is 19.1 Å². The molecule has 0 heterocycles. The van der Waals surface area contributed by atoms with Crippen LogP contribution in [0.25, 0.3) is 0 Å². The van der Waals surface area contributed by atoms with Crippen molar-refractivity contribution in [3.8, 4) is 5.75 Å². The smallest absolute Gasteiger partial charge is 0.337 e. The molecular weight excluding hydrogens is 284 g/mol. The molecule has 0 atom stereocenters. The Kier molecular flexibility index (Phi) is 8.91. The average molecular weight is 308 g/mol. The van der Waals surface area contributed by atoms with E-state index in [1.807, 2.05) is 19.1 Å². The molecule has 0 aliphatic rings. The van der Waals surface area contributed by atoms with Gasteiger partial charge in [-0.05, 0) is 25.0 Å². The lowest BCUT2D eigenvalue weighted by atomic mass is 10.2. The molecular formula is C17H24O5. The van der Waals surface area contributed by atoms with Crippen molar-refractivity contribution >= 4 is 11.9 Å². The Morgan fingerprint density at radius 3 is 2.45 bits per heavy atom. The van der Waals surface area contributed by atoms with Crippen molar-refractivity contribution in [2.24, 2.45) is 0 Å². The van der Waals surface area contributed by atoms with Gasteiger partial charge in [0.25, 0.3) is 0 Å². The molecule has 1 aromatic rings. The molecule has 5 heteroatoms. The third-order valence-corrected chi connectivity index (χ3v) is 3.02. The molecule has 22 heavy (non-hydrogen) atoms. The van der Waals surface area contributed by atoms with Gasteiger partial charge in [0.1, 0.15) is 19.0 Å². The van der Waals surface area contributed by atoms with Crippen LogP contribution in [0.1, 0.15) is 38.2 Å². The maximum atomic E-state index is 11.6. The summed E-state index contributed by atoms with van der Waals surface area (Å²) in [6.07, 6.45) is 4.18. The monoisotopic (exact) mass is 308 g/mol. The zero-order valence-electron chi connectivity index (χ0n) is 13.3. The van der Waals surface area contributed by atoms with Gasteiger partial charge in [-0.3, -0.25) is 0 Å². The summed E-state index contributed by atoms with van der Waals surface area (Å²) in [6, 6.07) is 7.20. The first-order valence-electron chi connectivity index (χ1n) is 7.63. The van der Waals surface area contributed by atoms with Crippen LogP contribution < -0.4 is 4.74 Å². The van der Waals surface area contributed by atoms with Gasteiger partial charge in [0.05, 0.1) is 6.61 Å². The SMILES string of the molecule is CCCCCCOC(=O)COCC(=O)Oc1ccccc1C. The van der Waals surface area contributed by atoms with Crippen molar-refractivity contribution in [2.75, 3.05) is 19.8 Å². The van der Waals surface area contributed by atoms with Crippen molar-refractivity contribution in [3.63, 3.8) is 0 Å². The summed E-state index contributed by atoms with van der Waals surface area (Å²) < 4.78 is 15.1. The second-order valence-corrected chi connectivity index (χ2v) is 5.01. The number of carbonyl (C=O) groups excluding carboxylic acids is 2. The summed E-state index contributed by atoms with van der Waals surface area (Å²) in [5.74, 6) is -0.500. The predicted octanol–water partition coefficient (Wildman–Crippen LogP) is 3.04. The second kappa shape index (κ2) is 10.8. The summed E-state index contributed by atoms with van der Waals surface area (Å²) in [4.78, 5) is 22.9. The van der Waals surface area contributed by atoms with Gasteiger partial charge in [-0.1, -0.05) is 44.4 Å². The lowest BCUT2D eigenvalue weighted by molar-refractivity contribution is -0.152. The molecule has 0 spiro atoms. The van der Waals surface area contributed by atoms with Crippen molar-refractivity contribution in [1.29, 1.82) is 0 Å². The Labute approximate surface area is 131 Å². The van der Waals surface area contributed by atoms with Gasteiger partial charge in [0.15, 0.2) is 0 Å². The average Bonchev–Trinajstić information content (AvgIpc) is 2.49. The summed E-state index contributed by atoms with van der Waals surface area (Å²) in [5, 5.41) is 0. The third kappa shape index (κ3) is 7.78. The van der Waals surface area contributed by atoms with Crippen LogP contribution >= 0.6 is 0 Å². The van der Waals surface area contributed by atoms with Gasteiger partial charge < -0.3 is 14.2 Å². The minimum absolute atomic E-state index is 0.239. The molecule has 5 nitrogen and oxygen atoms in total. The molecule has 1 rings (SSSR count). The highest BCUT2D eigenvalue weighted by Crippen LogP contribution is 2.16. The largest absolute Gasteiger partial charge is 0.464 e. The Bertz CT molecular complexity index is 470. The molecule has 0 bridgehead atoms. The van der Waals surface area contributed by atoms with Gasteiger partial charge in [-0.25, -0.2) is 9.59 Å². The fourth-order valence-corrected chi connectivity index (χ4v) is 1.80. The van der Waals surface area contributed by atoms with Gasteiger partial charge in [0, 0.05) is 0 Å². The van der Waals surface area contributed by atoms with Crippen molar-refractivity contribution < 1.29 is 23.8 Å². The third-order valence-electron chi connectivity index (χ3n) is 3.02. The first kappa shape index (κ1) is 18.2. The van der Waals surface area contributed by atoms with Crippen LogP contribution in [0, 0.1) is 6.92 Å². The highest BCUT2D eigenvalue weighted by molar-refractivity contribution is 5.75. The van der Waals surface area contributed by atoms with Crippen LogP contribution in [0.15, 0.2) is 24.3 Å². The molecule has 0 aliphatic carbocycles. The Hall–Kier alpha value is -1.88. The zero-order chi connectivity index (χ0) is 16.2. The zero-order valence-corrected chi connectivity index (χ0v) is 13.3. The van der Waals surface area contributed by atoms with E-state index in [0.717, 1.165) is 31.2 Å². The second-order valence-electron chi connectivity index (χ2n) is 5.01. The molecule has 0 saturated carbocycles. The number of hydrogen-bond donors (Lipinski definition) is 0. The fourth-order valence-electron chi connectivity index (χ4n) is 1.80. The Morgan fingerprint density at radius 2 is 1.73 bits per heavy atom. The van der Waals surface area contributed by atoms with Crippen molar-refractivity contribution in [1.82, 2.24) is 0 Å². The highest BCUT2D eigenvalue weighted by atomic mass is 16.6. The Morgan fingerprint density at radius 1 is 1.00 bits per heavy atom. The van der Waals surface area contributed by atoms with Crippen LogP contribution in [0.4, 0.5) is 0 Å². The maximum absolute atomic E-state index is 11.6. The minimum Gasteiger partial charge on any atom is -0.464 e. The first-order chi connectivity index (χ1) is 10.6. The number of esters is 2. The highest BCUT2D eigenvalue weighted by Gasteiger charge is 2.09. The molecule has 0 aliphatic heterocycles. The van der Waals surface area contributed by atoms with Crippen LogP contribution in [0.2, 0.25) is 0 Å². The van der Waals surface area contributed by atoms with Gasteiger partial charge in [-0.15, -0.1) is 0 Å². The number of ether oxygens (including phenoxy) is 3. The van der Waals surface area contributed by atoms with Gasteiger partial charge >= 0.3 is 11.9 Å². The summed E-state index contributed by atoms with van der Waals surface area (Å²) in [6.45, 7) is 3.85. The topological polar surface area (TPSA) is 61.8 Å². The van der Waals surface area contributed by atoms with Crippen molar-refractivity contribution in [3.05, 3.63) is 29.8 Å². The predicted molar refractivity (Wildman–Crippen MR) is 82.7 cm³/mol. The molecule has 0 unspecified atom stereocenters. The van der Waals surface area contributed by atoms with E-state index in [-0.39, 0.29) is 13.2 Å². The van der Waals surface area contributed by atoms with Crippen molar-refractivity contribution in [2.45, 2.75) is 39.5 Å². The van der Waals surface area contributed by atoms with Gasteiger partial charge in [0.2, 0.25) is 0 Å². The van der Waals surface area contributed by atoms with E-state index < -0.39 is 11.9 Å². The molecule has 122 valence electrons. The van der Waals surface area contributed by atoms with Crippen LogP contribution in [-0.4, -0.2) is 31.8 Å². The van der Waals surface area contributed by atoms with E-state index >= 15 is 0 Å². The number of aryl methyl sites for hydroxylation is 1. The summed E-state index contributed by atoms with van der Waals surface area (Å²) >= 11 is 0. The normalized spacial score (nSPS) is 10.3. The standard InChI is InChI=1S/C17H24O5/c1-3-4-5-8-11-21-16(18)12-20-13-17(19)22-15-10-7-6-9-14(15)2/h6-7,9-10H,3-5,8,11-13H2,1-2H3. The lowest BCUT2D eigenvalue weighted by Crippen LogP contribution is -2.20. The number of carbonyl (C=O) groups is 2. The quantitative estimate of drug-likeness (QED) is 0.378. The number of benzene rings is 1. The van der Waals surface area contributed by atoms with Gasteiger partial charge in [-0.2, -0.15) is 0 Å². The number of rotatable bonds is 10. The minimum atomic E-state index is -0.537. The van der Waals surface area contributed by atoms with Crippen LogP contribution in [0.5, 0.6) is 5.75 Å². The molecule has 0 radical (unpaired) electrons. The van der Waals surface area contributed by atoms with E-state index in [4.69, 9.17) is 14.2 Å². The van der Waals surface area contributed by atoms with Crippen LogP contribution in [0.3, 0.4) is 0 Å². The molecule has 1 aromatic carbocycles. The van der Waals surface area contributed by atoms with E-state index in [2.05, 4.69) is 6.92 Å².